The third-order valence-electron chi connectivity index (χ3n) is 6.60. The highest BCUT2D eigenvalue weighted by Crippen LogP contribution is 2.43. The molecule has 0 saturated carbocycles. The lowest BCUT2D eigenvalue weighted by Crippen LogP contribution is -2.36. The second kappa shape index (κ2) is 9.37. The Morgan fingerprint density at radius 3 is 2.85 bits per heavy atom. The minimum absolute atomic E-state index is 0.0502. The number of ether oxygens (including phenoxy) is 1. The number of aromatic amines is 1. The lowest BCUT2D eigenvalue weighted by Gasteiger charge is -2.26. The Kier molecular flexibility index (Phi) is 6.11. The Labute approximate surface area is 206 Å². The number of thioether (sulfide) groups is 1. The summed E-state index contributed by atoms with van der Waals surface area (Å²) in [6.45, 7) is 6.15. The molecule has 1 fully saturated rings. The number of nitrogens with zero attached hydrogens (tertiary/aromatic N) is 4. The van der Waals surface area contributed by atoms with Crippen molar-refractivity contribution in [2.24, 2.45) is 0 Å². The summed E-state index contributed by atoms with van der Waals surface area (Å²) in [6.07, 6.45) is 4.69. The van der Waals surface area contributed by atoms with E-state index in [0.717, 1.165) is 66.9 Å². The molecule has 1 aliphatic heterocycles. The molecule has 1 atom stereocenters. The SMILES string of the molecule is C[C@@H](Sc1nc(CN2CCOCC2)nc2sc3c(c12)CCCC3)c1nc2ccccc2c(=O)[nH]1. The van der Waals surface area contributed by atoms with Gasteiger partial charge in [0.05, 0.1) is 35.9 Å². The number of benzene rings is 1. The van der Waals surface area contributed by atoms with E-state index in [1.54, 1.807) is 11.8 Å². The maximum atomic E-state index is 12.7. The fourth-order valence-electron chi connectivity index (χ4n) is 4.80. The number of rotatable bonds is 5. The molecule has 1 N–H and O–H groups in total. The Bertz CT molecular complexity index is 1410. The summed E-state index contributed by atoms with van der Waals surface area (Å²) in [6, 6.07) is 7.49. The zero-order valence-electron chi connectivity index (χ0n) is 19.2. The highest BCUT2D eigenvalue weighted by molar-refractivity contribution is 7.99. The van der Waals surface area contributed by atoms with E-state index >= 15 is 0 Å². The molecule has 34 heavy (non-hydrogen) atoms. The van der Waals surface area contributed by atoms with E-state index < -0.39 is 0 Å². The molecular formula is C25H27N5O2S2. The molecule has 6 rings (SSSR count). The molecule has 1 aromatic carbocycles. The van der Waals surface area contributed by atoms with Crippen LogP contribution in [-0.2, 0) is 24.1 Å². The van der Waals surface area contributed by atoms with Crippen LogP contribution < -0.4 is 5.56 Å². The molecule has 176 valence electrons. The van der Waals surface area contributed by atoms with E-state index in [0.29, 0.717) is 11.2 Å². The third-order valence-corrected chi connectivity index (χ3v) is 8.88. The normalized spacial score (nSPS) is 17.8. The van der Waals surface area contributed by atoms with Crippen LogP contribution in [0.15, 0.2) is 34.1 Å². The first kappa shape index (κ1) is 22.2. The largest absolute Gasteiger partial charge is 0.379 e. The van der Waals surface area contributed by atoms with Gasteiger partial charge >= 0.3 is 0 Å². The molecule has 3 aromatic heterocycles. The molecule has 4 heterocycles. The summed E-state index contributed by atoms with van der Waals surface area (Å²) in [4.78, 5) is 35.4. The maximum absolute atomic E-state index is 12.7. The van der Waals surface area contributed by atoms with E-state index in [-0.39, 0.29) is 10.8 Å². The number of hydrogen-bond donors (Lipinski definition) is 1. The first-order chi connectivity index (χ1) is 16.7. The van der Waals surface area contributed by atoms with Gasteiger partial charge in [0.1, 0.15) is 21.5 Å². The Balaban J connectivity index is 1.39. The van der Waals surface area contributed by atoms with Gasteiger partial charge in [0.15, 0.2) is 0 Å². The molecule has 0 amide bonds. The van der Waals surface area contributed by atoms with Gasteiger partial charge in [-0.15, -0.1) is 11.3 Å². The molecule has 0 radical (unpaired) electrons. The van der Waals surface area contributed by atoms with E-state index in [2.05, 4.69) is 16.8 Å². The Hall–Kier alpha value is -2.33. The summed E-state index contributed by atoms with van der Waals surface area (Å²) < 4.78 is 5.51. The van der Waals surface area contributed by atoms with Gasteiger partial charge in [-0.2, -0.15) is 0 Å². The highest BCUT2D eigenvalue weighted by Gasteiger charge is 2.24. The van der Waals surface area contributed by atoms with Crippen LogP contribution in [0.2, 0.25) is 0 Å². The maximum Gasteiger partial charge on any atom is 0.258 e. The van der Waals surface area contributed by atoms with Crippen molar-refractivity contribution in [3.05, 3.63) is 56.7 Å². The van der Waals surface area contributed by atoms with Gasteiger partial charge in [0, 0.05) is 23.4 Å². The molecule has 9 heteroatoms. The van der Waals surface area contributed by atoms with Crippen LogP contribution in [0.1, 0.15) is 47.1 Å². The lowest BCUT2D eigenvalue weighted by molar-refractivity contribution is 0.0330. The van der Waals surface area contributed by atoms with Gasteiger partial charge in [0.2, 0.25) is 0 Å². The molecule has 4 aromatic rings. The van der Waals surface area contributed by atoms with Crippen molar-refractivity contribution >= 4 is 44.2 Å². The van der Waals surface area contributed by atoms with Crippen molar-refractivity contribution < 1.29 is 4.74 Å². The van der Waals surface area contributed by atoms with Crippen LogP contribution in [0, 0.1) is 0 Å². The van der Waals surface area contributed by atoms with Crippen LogP contribution in [0.4, 0.5) is 0 Å². The third kappa shape index (κ3) is 4.26. The van der Waals surface area contributed by atoms with Crippen molar-refractivity contribution in [3.63, 3.8) is 0 Å². The van der Waals surface area contributed by atoms with Gasteiger partial charge in [-0.05, 0) is 50.3 Å². The van der Waals surface area contributed by atoms with Crippen LogP contribution >= 0.6 is 23.1 Å². The quantitative estimate of drug-likeness (QED) is 0.324. The molecule has 0 spiro atoms. The fraction of sp³-hybridized carbons (Fsp3) is 0.440. The van der Waals surface area contributed by atoms with E-state index in [1.165, 1.54) is 28.7 Å². The molecule has 1 aliphatic carbocycles. The summed E-state index contributed by atoms with van der Waals surface area (Å²) in [5, 5.41) is 2.79. The predicted molar refractivity (Wildman–Crippen MR) is 137 cm³/mol. The van der Waals surface area contributed by atoms with Crippen LogP contribution in [-0.4, -0.2) is 51.1 Å². The van der Waals surface area contributed by atoms with Gasteiger partial charge in [-0.1, -0.05) is 23.9 Å². The van der Waals surface area contributed by atoms with Gasteiger partial charge < -0.3 is 9.72 Å². The van der Waals surface area contributed by atoms with Crippen LogP contribution in [0.3, 0.4) is 0 Å². The van der Waals surface area contributed by atoms with E-state index in [1.807, 2.05) is 35.6 Å². The zero-order chi connectivity index (χ0) is 23.1. The van der Waals surface area contributed by atoms with Gasteiger partial charge in [-0.25, -0.2) is 15.0 Å². The number of thiophene rings is 1. The summed E-state index contributed by atoms with van der Waals surface area (Å²) in [7, 11) is 0. The molecule has 0 unspecified atom stereocenters. The fourth-order valence-corrected chi connectivity index (χ4v) is 7.20. The van der Waals surface area contributed by atoms with Gasteiger partial charge in [-0.3, -0.25) is 9.69 Å². The number of fused-ring (bicyclic) bond motifs is 4. The molecule has 1 saturated heterocycles. The number of hydrogen-bond acceptors (Lipinski definition) is 8. The van der Waals surface area contributed by atoms with Crippen LogP contribution in [0.5, 0.6) is 0 Å². The van der Waals surface area contributed by atoms with Gasteiger partial charge in [0.25, 0.3) is 5.56 Å². The second-order valence-electron chi connectivity index (χ2n) is 8.95. The van der Waals surface area contributed by atoms with Crippen molar-refractivity contribution in [1.82, 2.24) is 24.8 Å². The summed E-state index contributed by atoms with van der Waals surface area (Å²) in [5.74, 6) is 1.54. The number of morpholine rings is 1. The number of nitrogens with one attached hydrogen (secondary N) is 1. The van der Waals surface area contributed by atoms with Crippen LogP contribution in [0.25, 0.3) is 21.1 Å². The zero-order valence-corrected chi connectivity index (χ0v) is 20.8. The number of aryl methyl sites for hydroxylation is 2. The number of aromatic nitrogens is 4. The smallest absolute Gasteiger partial charge is 0.258 e. The monoisotopic (exact) mass is 493 g/mol. The average molecular weight is 494 g/mol. The summed E-state index contributed by atoms with van der Waals surface area (Å²) >= 11 is 3.51. The lowest BCUT2D eigenvalue weighted by atomic mass is 9.97. The minimum atomic E-state index is -0.0956. The Morgan fingerprint density at radius 2 is 1.97 bits per heavy atom. The standard InChI is InChI=1S/C25H27N5O2S2/c1-15(22-26-18-8-4-2-6-16(18)23(31)29-22)33-24-21-17-7-3-5-9-19(17)34-25(21)28-20(27-24)14-30-10-12-32-13-11-30/h2,4,6,8,15H,3,5,7,9-14H2,1H3,(H,26,29,31)/t15-/m1/s1. The summed E-state index contributed by atoms with van der Waals surface area (Å²) in [5.41, 5.74) is 2.06. The second-order valence-corrected chi connectivity index (χ2v) is 11.4. The topological polar surface area (TPSA) is 84.0 Å². The minimum Gasteiger partial charge on any atom is -0.379 e. The molecule has 2 aliphatic rings. The van der Waals surface area contributed by atoms with Crippen molar-refractivity contribution in [1.29, 1.82) is 0 Å². The predicted octanol–water partition coefficient (Wildman–Crippen LogP) is 4.49. The van der Waals surface area contributed by atoms with Crippen molar-refractivity contribution in [2.45, 2.75) is 49.4 Å². The van der Waals surface area contributed by atoms with E-state index in [9.17, 15) is 4.79 Å². The molecule has 7 nitrogen and oxygen atoms in total. The average Bonchev–Trinajstić information content (AvgIpc) is 3.23. The van der Waals surface area contributed by atoms with E-state index in [4.69, 9.17) is 19.7 Å². The number of para-hydroxylation sites is 1. The highest BCUT2D eigenvalue weighted by atomic mass is 32.2. The molecule has 0 bridgehead atoms. The van der Waals surface area contributed by atoms with Crippen molar-refractivity contribution in [3.8, 4) is 0 Å². The molecular weight excluding hydrogens is 466 g/mol. The Morgan fingerprint density at radius 1 is 1.15 bits per heavy atom. The first-order valence-electron chi connectivity index (χ1n) is 11.9. The first-order valence-corrected chi connectivity index (χ1v) is 13.6. The number of H-pyrrole nitrogens is 1. The van der Waals surface area contributed by atoms with Crippen molar-refractivity contribution in [2.75, 3.05) is 26.3 Å².